The summed E-state index contributed by atoms with van der Waals surface area (Å²) < 4.78 is 17.4. The van der Waals surface area contributed by atoms with Crippen LogP contribution in [0.15, 0.2) is 74.7 Å². The van der Waals surface area contributed by atoms with Crippen LogP contribution in [0.3, 0.4) is 0 Å². The number of ether oxygens (including phenoxy) is 2. The van der Waals surface area contributed by atoms with Gasteiger partial charge in [0.15, 0.2) is 17.3 Å². The van der Waals surface area contributed by atoms with Crippen molar-refractivity contribution in [1.82, 2.24) is 5.43 Å². The van der Waals surface area contributed by atoms with Crippen molar-refractivity contribution in [2.45, 2.75) is 6.61 Å². The van der Waals surface area contributed by atoms with Gasteiger partial charge in [0.2, 0.25) is 0 Å². The zero-order valence-electron chi connectivity index (χ0n) is 18.2. The minimum Gasteiger partial charge on any atom is -0.493 e. The number of furan rings is 1. The fourth-order valence-electron chi connectivity index (χ4n) is 3.14. The predicted octanol–water partition coefficient (Wildman–Crippen LogP) is 6.11. The number of halogens is 2. The third-order valence-corrected chi connectivity index (χ3v) is 5.83. The standard InChI is InChI=1S/C24H17BrClN3O6/c1-33-21-10-16(19(25)11-22(21)34-13-14-2-4-17(26)5-3-14)12-27-28-24(30)23-9-15-8-18(29(31)32)6-7-20(15)35-23/h2-12H,13H2,1H3,(H,28,30)/b27-12+. The number of nitro groups is 1. The second kappa shape index (κ2) is 10.6. The number of carbonyl (C=O) groups is 1. The van der Waals surface area contributed by atoms with Gasteiger partial charge in [0, 0.05) is 32.6 Å². The van der Waals surface area contributed by atoms with Gasteiger partial charge in [0.1, 0.15) is 12.2 Å². The van der Waals surface area contributed by atoms with Crippen LogP contribution in [0.4, 0.5) is 5.69 Å². The molecular weight excluding hydrogens is 542 g/mol. The van der Waals surface area contributed by atoms with Gasteiger partial charge in [-0.1, -0.05) is 23.7 Å². The van der Waals surface area contributed by atoms with E-state index in [0.29, 0.717) is 44.1 Å². The van der Waals surface area contributed by atoms with Crippen LogP contribution in [-0.2, 0) is 6.61 Å². The molecule has 0 radical (unpaired) electrons. The molecule has 0 atom stereocenters. The Morgan fingerprint density at radius 1 is 1.17 bits per heavy atom. The van der Waals surface area contributed by atoms with Crippen LogP contribution in [0.1, 0.15) is 21.7 Å². The number of nitro benzene ring substituents is 1. The predicted molar refractivity (Wildman–Crippen MR) is 134 cm³/mol. The molecule has 1 aromatic heterocycles. The number of amides is 1. The number of methoxy groups -OCH3 is 1. The van der Waals surface area contributed by atoms with Crippen molar-refractivity contribution < 1.29 is 23.6 Å². The number of hydrogen-bond acceptors (Lipinski definition) is 7. The van der Waals surface area contributed by atoms with E-state index < -0.39 is 10.8 Å². The van der Waals surface area contributed by atoms with E-state index in [1.54, 1.807) is 24.3 Å². The lowest BCUT2D eigenvalue weighted by Crippen LogP contribution is -2.16. The molecule has 4 aromatic rings. The minimum absolute atomic E-state index is 0.0276. The minimum atomic E-state index is -0.605. The van der Waals surface area contributed by atoms with Crippen molar-refractivity contribution in [3.05, 3.63) is 97.2 Å². The molecule has 9 nitrogen and oxygen atoms in total. The molecule has 1 heterocycles. The van der Waals surface area contributed by atoms with E-state index in [2.05, 4.69) is 26.5 Å². The van der Waals surface area contributed by atoms with E-state index in [9.17, 15) is 14.9 Å². The number of benzene rings is 3. The van der Waals surface area contributed by atoms with Gasteiger partial charge in [-0.25, -0.2) is 5.43 Å². The summed E-state index contributed by atoms with van der Waals surface area (Å²) in [5.41, 5.74) is 4.21. The Labute approximate surface area is 212 Å². The molecule has 11 heteroatoms. The van der Waals surface area contributed by atoms with E-state index in [4.69, 9.17) is 25.5 Å². The molecule has 1 N–H and O–H groups in total. The number of nitrogens with one attached hydrogen (secondary N) is 1. The topological polar surface area (TPSA) is 116 Å². The molecule has 0 saturated heterocycles. The van der Waals surface area contributed by atoms with Crippen LogP contribution in [0.5, 0.6) is 11.5 Å². The zero-order valence-corrected chi connectivity index (χ0v) is 20.5. The Hall–Kier alpha value is -3.89. The lowest BCUT2D eigenvalue weighted by Gasteiger charge is -2.13. The largest absolute Gasteiger partial charge is 0.493 e. The van der Waals surface area contributed by atoms with Gasteiger partial charge < -0.3 is 13.9 Å². The van der Waals surface area contributed by atoms with Crippen molar-refractivity contribution in [3.8, 4) is 11.5 Å². The van der Waals surface area contributed by atoms with Gasteiger partial charge in [0.05, 0.1) is 18.2 Å². The normalized spacial score (nSPS) is 11.1. The maximum absolute atomic E-state index is 12.4. The number of hydrazone groups is 1. The van der Waals surface area contributed by atoms with Crippen LogP contribution in [0.2, 0.25) is 5.02 Å². The highest BCUT2D eigenvalue weighted by molar-refractivity contribution is 9.10. The van der Waals surface area contributed by atoms with Crippen molar-refractivity contribution in [2.75, 3.05) is 7.11 Å². The van der Waals surface area contributed by atoms with Crippen LogP contribution in [-0.4, -0.2) is 24.2 Å². The van der Waals surface area contributed by atoms with Gasteiger partial charge in [0.25, 0.3) is 5.69 Å². The van der Waals surface area contributed by atoms with Crippen molar-refractivity contribution in [2.24, 2.45) is 5.10 Å². The van der Waals surface area contributed by atoms with Crippen LogP contribution >= 0.6 is 27.5 Å². The number of non-ortho nitro benzene ring substituents is 1. The van der Waals surface area contributed by atoms with E-state index in [0.717, 1.165) is 5.56 Å². The van der Waals surface area contributed by atoms with E-state index >= 15 is 0 Å². The molecule has 3 aromatic carbocycles. The second-order valence-corrected chi connectivity index (χ2v) is 8.52. The first-order chi connectivity index (χ1) is 16.8. The smallest absolute Gasteiger partial charge is 0.307 e. The quantitative estimate of drug-likeness (QED) is 0.158. The Morgan fingerprint density at radius 3 is 2.66 bits per heavy atom. The summed E-state index contributed by atoms with van der Waals surface area (Å²) in [6.07, 6.45) is 1.43. The summed E-state index contributed by atoms with van der Waals surface area (Å²) in [6, 6.07) is 16.3. The van der Waals surface area contributed by atoms with Crippen LogP contribution < -0.4 is 14.9 Å². The van der Waals surface area contributed by atoms with Gasteiger partial charge in [-0.2, -0.15) is 5.10 Å². The summed E-state index contributed by atoms with van der Waals surface area (Å²) in [7, 11) is 1.52. The molecule has 0 bridgehead atoms. The molecular formula is C24H17BrClN3O6. The van der Waals surface area contributed by atoms with Gasteiger partial charge in [-0.3, -0.25) is 14.9 Å². The molecule has 0 fully saturated rings. The fourth-order valence-corrected chi connectivity index (χ4v) is 3.69. The highest BCUT2D eigenvalue weighted by Crippen LogP contribution is 2.33. The highest BCUT2D eigenvalue weighted by Gasteiger charge is 2.15. The summed E-state index contributed by atoms with van der Waals surface area (Å²) in [5.74, 6) is 0.368. The first-order valence-electron chi connectivity index (χ1n) is 10.1. The number of hydrogen-bond donors (Lipinski definition) is 1. The van der Waals surface area contributed by atoms with Crippen molar-refractivity contribution >= 4 is 56.3 Å². The zero-order chi connectivity index (χ0) is 24.9. The molecule has 0 spiro atoms. The fraction of sp³-hybridized carbons (Fsp3) is 0.0833. The van der Waals surface area contributed by atoms with Crippen LogP contribution in [0.25, 0.3) is 11.0 Å². The number of nitrogens with zero attached hydrogens (tertiary/aromatic N) is 2. The van der Waals surface area contributed by atoms with Crippen LogP contribution in [0, 0.1) is 10.1 Å². The van der Waals surface area contributed by atoms with E-state index in [-0.39, 0.29) is 11.4 Å². The molecule has 0 unspecified atom stereocenters. The molecule has 178 valence electrons. The first-order valence-corrected chi connectivity index (χ1v) is 11.3. The van der Waals surface area contributed by atoms with Gasteiger partial charge in [-0.05, 0) is 57.9 Å². The lowest BCUT2D eigenvalue weighted by molar-refractivity contribution is -0.384. The molecule has 0 aliphatic heterocycles. The molecule has 0 aliphatic rings. The number of fused-ring (bicyclic) bond motifs is 1. The average molecular weight is 559 g/mol. The monoisotopic (exact) mass is 557 g/mol. The van der Waals surface area contributed by atoms with Crippen molar-refractivity contribution in [3.63, 3.8) is 0 Å². The van der Waals surface area contributed by atoms with Gasteiger partial charge >= 0.3 is 5.91 Å². The molecule has 4 rings (SSSR count). The lowest BCUT2D eigenvalue weighted by atomic mass is 10.2. The first kappa shape index (κ1) is 24.2. The summed E-state index contributed by atoms with van der Waals surface area (Å²) in [6.45, 7) is 0.324. The van der Waals surface area contributed by atoms with Gasteiger partial charge in [-0.15, -0.1) is 0 Å². The third kappa shape index (κ3) is 5.79. The Kier molecular flexibility index (Phi) is 7.33. The Bertz CT molecular complexity index is 1440. The molecule has 1 amide bonds. The maximum atomic E-state index is 12.4. The molecule has 35 heavy (non-hydrogen) atoms. The average Bonchev–Trinajstić information content (AvgIpc) is 3.28. The number of carbonyl (C=O) groups excluding carboxylic acids is 1. The SMILES string of the molecule is COc1cc(/C=N/NC(=O)c2cc3cc([N+](=O)[O-])ccc3o2)c(Br)cc1OCc1ccc(Cl)cc1. The third-order valence-electron chi connectivity index (χ3n) is 4.89. The highest BCUT2D eigenvalue weighted by atomic mass is 79.9. The molecule has 0 aliphatic carbocycles. The summed E-state index contributed by atoms with van der Waals surface area (Å²) in [5, 5.41) is 16.0. The maximum Gasteiger partial charge on any atom is 0.307 e. The van der Waals surface area contributed by atoms with Crippen molar-refractivity contribution in [1.29, 1.82) is 0 Å². The Morgan fingerprint density at radius 2 is 1.94 bits per heavy atom. The molecule has 0 saturated carbocycles. The summed E-state index contributed by atoms with van der Waals surface area (Å²) in [4.78, 5) is 22.8. The summed E-state index contributed by atoms with van der Waals surface area (Å²) >= 11 is 9.38. The number of rotatable bonds is 8. The van der Waals surface area contributed by atoms with E-state index in [1.165, 1.54) is 37.6 Å². The second-order valence-electron chi connectivity index (χ2n) is 7.23. The van der Waals surface area contributed by atoms with E-state index in [1.807, 2.05) is 12.1 Å². The Balaban J connectivity index is 1.44.